The third kappa shape index (κ3) is 3.04. The first-order valence-electron chi connectivity index (χ1n) is 6.29. The number of carboxylic acids is 1. The van der Waals surface area contributed by atoms with Gasteiger partial charge in [0, 0.05) is 13.1 Å². The molecule has 1 aromatic carbocycles. The summed E-state index contributed by atoms with van der Waals surface area (Å²) in [4.78, 5) is 10.7. The van der Waals surface area contributed by atoms with Gasteiger partial charge in [-0.2, -0.15) is 9.57 Å². The summed E-state index contributed by atoms with van der Waals surface area (Å²) in [6, 6.07) is 4.64. The number of hydrogen-bond acceptors (Lipinski definition) is 4. The lowest BCUT2D eigenvalue weighted by atomic mass is 9.99. The number of piperidine rings is 1. The summed E-state index contributed by atoms with van der Waals surface area (Å²) in [6.45, 7) is 0.192. The molecule has 0 amide bonds. The zero-order valence-electron chi connectivity index (χ0n) is 11.0. The van der Waals surface area contributed by atoms with Crippen molar-refractivity contribution < 1.29 is 22.7 Å². The van der Waals surface area contributed by atoms with Crippen molar-refractivity contribution in [1.82, 2.24) is 4.31 Å². The second kappa shape index (κ2) is 5.79. The van der Waals surface area contributed by atoms with E-state index in [1.165, 1.54) is 4.31 Å². The van der Waals surface area contributed by atoms with Crippen LogP contribution in [0.4, 0.5) is 4.39 Å². The number of benzene rings is 1. The highest BCUT2D eigenvalue weighted by Crippen LogP contribution is 2.25. The van der Waals surface area contributed by atoms with Crippen LogP contribution in [0.1, 0.15) is 18.4 Å². The molecule has 21 heavy (non-hydrogen) atoms. The fourth-order valence-corrected chi connectivity index (χ4v) is 3.74. The predicted molar refractivity (Wildman–Crippen MR) is 70.2 cm³/mol. The molecule has 2 rings (SSSR count). The van der Waals surface area contributed by atoms with Crippen LogP contribution in [0.25, 0.3) is 0 Å². The molecule has 1 heterocycles. The van der Waals surface area contributed by atoms with Gasteiger partial charge in [-0.05, 0) is 31.0 Å². The van der Waals surface area contributed by atoms with Crippen molar-refractivity contribution in [2.75, 3.05) is 13.1 Å². The molecule has 1 fully saturated rings. The van der Waals surface area contributed by atoms with Crippen LogP contribution in [0, 0.1) is 23.1 Å². The van der Waals surface area contributed by atoms with E-state index in [1.807, 2.05) is 0 Å². The smallest absolute Gasteiger partial charge is 0.306 e. The molecule has 1 aliphatic rings. The molecule has 112 valence electrons. The summed E-state index contributed by atoms with van der Waals surface area (Å²) in [5, 5.41) is 17.6. The number of halogens is 1. The first-order valence-corrected chi connectivity index (χ1v) is 7.73. The largest absolute Gasteiger partial charge is 0.481 e. The number of carboxylic acid groups (broad SMARTS) is 1. The molecule has 0 spiro atoms. The lowest BCUT2D eigenvalue weighted by molar-refractivity contribution is -0.142. The minimum atomic E-state index is -3.84. The Labute approximate surface area is 121 Å². The highest BCUT2D eigenvalue weighted by Gasteiger charge is 2.32. The third-order valence-corrected chi connectivity index (χ3v) is 5.39. The molecule has 1 aliphatic heterocycles. The van der Waals surface area contributed by atoms with Crippen LogP contribution in [0.5, 0.6) is 0 Å². The van der Waals surface area contributed by atoms with Gasteiger partial charge in [0.1, 0.15) is 11.9 Å². The molecule has 1 N–H and O–H groups in total. The van der Waals surface area contributed by atoms with Crippen molar-refractivity contribution in [3.05, 3.63) is 29.6 Å². The van der Waals surface area contributed by atoms with Crippen LogP contribution in [0.3, 0.4) is 0 Å². The summed E-state index contributed by atoms with van der Waals surface area (Å²) >= 11 is 0. The highest BCUT2D eigenvalue weighted by atomic mass is 32.2. The first kappa shape index (κ1) is 15.4. The standard InChI is InChI=1S/C13H13FN2O4S/c14-12-2-1-11(7-10(12)8-15)21(19,20)16-5-3-9(4-6-16)13(17)18/h1-2,7,9H,3-6H2,(H,17,18). The third-order valence-electron chi connectivity index (χ3n) is 3.50. The Balaban J connectivity index is 2.24. The Morgan fingerprint density at radius 2 is 2.00 bits per heavy atom. The van der Waals surface area contributed by atoms with Gasteiger partial charge < -0.3 is 5.11 Å². The summed E-state index contributed by atoms with van der Waals surface area (Å²) in [5.41, 5.74) is -0.337. The van der Waals surface area contributed by atoms with Crippen LogP contribution in [-0.4, -0.2) is 36.9 Å². The SMILES string of the molecule is N#Cc1cc(S(=O)(=O)N2CCC(C(=O)O)CC2)ccc1F. The fraction of sp³-hybridized carbons (Fsp3) is 0.385. The molecule has 8 heteroatoms. The van der Waals surface area contributed by atoms with Crippen molar-refractivity contribution in [2.45, 2.75) is 17.7 Å². The number of carbonyl (C=O) groups is 1. The minimum absolute atomic E-state index is 0.0958. The molecular formula is C13H13FN2O4S. The molecule has 0 saturated carbocycles. The Bertz CT molecular complexity index is 703. The Kier molecular flexibility index (Phi) is 4.25. The number of hydrogen-bond donors (Lipinski definition) is 1. The average molecular weight is 312 g/mol. The number of nitrogens with zero attached hydrogens (tertiary/aromatic N) is 2. The molecule has 0 aliphatic carbocycles. The maximum atomic E-state index is 13.2. The van der Waals surface area contributed by atoms with Crippen molar-refractivity contribution in [3.8, 4) is 6.07 Å². The quantitative estimate of drug-likeness (QED) is 0.903. The van der Waals surface area contributed by atoms with Crippen molar-refractivity contribution in [2.24, 2.45) is 5.92 Å². The summed E-state index contributed by atoms with van der Waals surface area (Å²) in [6.07, 6.45) is 0.474. The van der Waals surface area contributed by atoms with E-state index in [1.54, 1.807) is 6.07 Å². The normalized spacial score (nSPS) is 17.3. The zero-order valence-corrected chi connectivity index (χ0v) is 11.8. The molecule has 6 nitrogen and oxygen atoms in total. The molecule has 0 radical (unpaired) electrons. The minimum Gasteiger partial charge on any atom is -0.481 e. The van der Waals surface area contributed by atoms with Crippen LogP contribution in [0.15, 0.2) is 23.1 Å². The first-order chi connectivity index (χ1) is 9.86. The maximum absolute atomic E-state index is 13.2. The second-order valence-electron chi connectivity index (χ2n) is 4.77. The van der Waals surface area contributed by atoms with Crippen molar-refractivity contribution in [3.63, 3.8) is 0 Å². The van der Waals surface area contributed by atoms with E-state index in [-0.39, 0.29) is 36.4 Å². The Hall–Kier alpha value is -1.98. The van der Waals surface area contributed by atoms with Gasteiger partial charge in [-0.1, -0.05) is 0 Å². The Morgan fingerprint density at radius 1 is 1.38 bits per heavy atom. The topological polar surface area (TPSA) is 98.5 Å². The highest BCUT2D eigenvalue weighted by molar-refractivity contribution is 7.89. The van der Waals surface area contributed by atoms with Crippen LogP contribution in [-0.2, 0) is 14.8 Å². The maximum Gasteiger partial charge on any atom is 0.306 e. The van der Waals surface area contributed by atoms with E-state index in [9.17, 15) is 17.6 Å². The fourth-order valence-electron chi connectivity index (χ4n) is 2.24. The van der Waals surface area contributed by atoms with E-state index in [2.05, 4.69) is 0 Å². The van der Waals surface area contributed by atoms with Crippen molar-refractivity contribution >= 4 is 16.0 Å². The van der Waals surface area contributed by atoms with Crippen LogP contribution >= 0.6 is 0 Å². The van der Waals surface area contributed by atoms with Gasteiger partial charge in [-0.15, -0.1) is 0 Å². The number of rotatable bonds is 3. The van der Waals surface area contributed by atoms with Crippen molar-refractivity contribution in [1.29, 1.82) is 5.26 Å². The monoisotopic (exact) mass is 312 g/mol. The number of nitriles is 1. The van der Waals surface area contributed by atoms with Gasteiger partial charge in [-0.3, -0.25) is 4.79 Å². The summed E-state index contributed by atoms with van der Waals surface area (Å²) < 4.78 is 39.2. The molecule has 1 aromatic rings. The van der Waals surface area contributed by atoms with Gasteiger partial charge >= 0.3 is 5.97 Å². The zero-order chi connectivity index (χ0) is 15.6. The molecule has 0 bridgehead atoms. The Morgan fingerprint density at radius 3 is 2.52 bits per heavy atom. The van der Waals surface area contributed by atoms with Gasteiger partial charge in [0.2, 0.25) is 10.0 Å². The molecular weight excluding hydrogens is 299 g/mol. The summed E-state index contributed by atoms with van der Waals surface area (Å²) in [5.74, 6) is -2.25. The summed E-state index contributed by atoms with van der Waals surface area (Å²) in [7, 11) is -3.84. The van der Waals surface area contributed by atoms with Crippen LogP contribution in [0.2, 0.25) is 0 Å². The van der Waals surface area contributed by atoms with Gasteiger partial charge in [0.05, 0.1) is 16.4 Å². The lowest BCUT2D eigenvalue weighted by Crippen LogP contribution is -2.40. The predicted octanol–water partition coefficient (Wildman–Crippen LogP) is 1.18. The molecule has 0 aromatic heterocycles. The van der Waals surface area contributed by atoms with Gasteiger partial charge in [0.25, 0.3) is 0 Å². The molecule has 0 unspecified atom stereocenters. The van der Waals surface area contributed by atoms with Gasteiger partial charge in [0.15, 0.2) is 0 Å². The average Bonchev–Trinajstić information content (AvgIpc) is 2.47. The number of aliphatic carboxylic acids is 1. The number of sulfonamides is 1. The van der Waals surface area contributed by atoms with E-state index in [0.29, 0.717) is 0 Å². The molecule has 0 atom stereocenters. The van der Waals surface area contributed by atoms with E-state index < -0.39 is 27.7 Å². The van der Waals surface area contributed by atoms with E-state index in [4.69, 9.17) is 10.4 Å². The second-order valence-corrected chi connectivity index (χ2v) is 6.71. The molecule has 1 saturated heterocycles. The van der Waals surface area contributed by atoms with Gasteiger partial charge in [-0.25, -0.2) is 12.8 Å². The lowest BCUT2D eigenvalue weighted by Gasteiger charge is -2.29. The van der Waals surface area contributed by atoms with E-state index in [0.717, 1.165) is 18.2 Å². The van der Waals surface area contributed by atoms with E-state index >= 15 is 0 Å². The van der Waals surface area contributed by atoms with Crippen LogP contribution < -0.4 is 0 Å².